The van der Waals surface area contributed by atoms with Gasteiger partial charge < -0.3 is 20.5 Å². The Kier molecular flexibility index (Phi) is 5.93. The van der Waals surface area contributed by atoms with Gasteiger partial charge in [0.15, 0.2) is 0 Å². The van der Waals surface area contributed by atoms with Crippen LogP contribution >= 0.6 is 0 Å². The molecule has 0 saturated heterocycles. The predicted octanol–water partition coefficient (Wildman–Crippen LogP) is 5.02. The lowest BCUT2D eigenvalue weighted by atomic mass is 10.2. The molecule has 7 nitrogen and oxygen atoms in total. The van der Waals surface area contributed by atoms with E-state index in [1.165, 1.54) is 5.56 Å². The van der Waals surface area contributed by atoms with Crippen LogP contribution in [0.25, 0.3) is 0 Å². The molecule has 2 aromatic heterocycles. The lowest BCUT2D eigenvalue weighted by Crippen LogP contribution is -2.17. The SMILES string of the molecule is Cc1ccc(Nc2cc(C)nc(Nc3ccc(NC(=O)Cn4cccc4)cc3)n2)cc1. The van der Waals surface area contributed by atoms with E-state index in [1.54, 1.807) is 0 Å². The van der Waals surface area contributed by atoms with Gasteiger partial charge in [-0.15, -0.1) is 0 Å². The quantitative estimate of drug-likeness (QED) is 0.397. The standard InChI is InChI=1S/C24H24N6O/c1-17-5-7-19(8-6-17)26-22-15-18(2)25-24(29-22)28-21-11-9-20(10-12-21)27-23(31)16-30-13-3-4-14-30/h3-15H,16H2,1-2H3,(H,27,31)(H2,25,26,28,29). The summed E-state index contributed by atoms with van der Waals surface area (Å²) >= 11 is 0. The maximum absolute atomic E-state index is 12.1. The molecule has 4 rings (SSSR count). The monoisotopic (exact) mass is 412 g/mol. The number of anilines is 5. The van der Waals surface area contributed by atoms with Gasteiger partial charge in [0.1, 0.15) is 12.4 Å². The summed E-state index contributed by atoms with van der Waals surface area (Å²) in [6.45, 7) is 4.26. The molecule has 1 amide bonds. The van der Waals surface area contributed by atoms with Crippen LogP contribution in [-0.2, 0) is 11.3 Å². The number of nitrogens with zero attached hydrogens (tertiary/aromatic N) is 3. The minimum absolute atomic E-state index is 0.0780. The number of aromatic nitrogens is 3. The molecule has 0 fully saturated rings. The lowest BCUT2D eigenvalue weighted by molar-refractivity contribution is -0.116. The van der Waals surface area contributed by atoms with Crippen LogP contribution in [0, 0.1) is 13.8 Å². The summed E-state index contributed by atoms with van der Waals surface area (Å²) in [7, 11) is 0. The van der Waals surface area contributed by atoms with Crippen LogP contribution in [0.2, 0.25) is 0 Å². The Morgan fingerprint density at radius 1 is 0.839 bits per heavy atom. The lowest BCUT2D eigenvalue weighted by Gasteiger charge is -2.11. The number of benzene rings is 2. The van der Waals surface area contributed by atoms with Gasteiger partial charge in [0.05, 0.1) is 0 Å². The Hall–Kier alpha value is -4.13. The molecule has 0 aliphatic carbocycles. The summed E-state index contributed by atoms with van der Waals surface area (Å²) in [5.41, 5.74) is 4.58. The molecule has 0 unspecified atom stereocenters. The van der Waals surface area contributed by atoms with E-state index in [9.17, 15) is 4.79 Å². The molecule has 31 heavy (non-hydrogen) atoms. The van der Waals surface area contributed by atoms with Crippen molar-refractivity contribution in [3.63, 3.8) is 0 Å². The van der Waals surface area contributed by atoms with Gasteiger partial charge in [-0.25, -0.2) is 4.98 Å². The first-order valence-corrected chi connectivity index (χ1v) is 10.0. The number of nitrogens with one attached hydrogen (secondary N) is 3. The van der Waals surface area contributed by atoms with Crippen LogP contribution in [0.1, 0.15) is 11.3 Å². The first-order chi connectivity index (χ1) is 15.0. The average Bonchev–Trinajstić information content (AvgIpc) is 3.24. The third-order valence-electron chi connectivity index (χ3n) is 4.60. The number of hydrogen-bond acceptors (Lipinski definition) is 5. The molecule has 7 heteroatoms. The highest BCUT2D eigenvalue weighted by Crippen LogP contribution is 2.21. The van der Waals surface area contributed by atoms with Crippen LogP contribution in [0.4, 0.5) is 28.8 Å². The second-order valence-corrected chi connectivity index (χ2v) is 7.32. The molecule has 3 N–H and O–H groups in total. The number of amides is 1. The summed E-state index contributed by atoms with van der Waals surface area (Å²) in [5, 5.41) is 9.42. The first kappa shape index (κ1) is 20.2. The van der Waals surface area contributed by atoms with E-state index >= 15 is 0 Å². The van der Waals surface area contributed by atoms with E-state index in [4.69, 9.17) is 0 Å². The van der Waals surface area contributed by atoms with Gasteiger partial charge in [-0.3, -0.25) is 4.79 Å². The van der Waals surface area contributed by atoms with Crippen molar-refractivity contribution in [1.29, 1.82) is 0 Å². The zero-order chi connectivity index (χ0) is 21.6. The van der Waals surface area contributed by atoms with Crippen molar-refractivity contribution in [1.82, 2.24) is 14.5 Å². The molecule has 0 saturated carbocycles. The summed E-state index contributed by atoms with van der Waals surface area (Å²) in [6, 6.07) is 21.3. The Balaban J connectivity index is 1.39. The van der Waals surface area contributed by atoms with E-state index in [1.807, 2.05) is 78.5 Å². The van der Waals surface area contributed by atoms with Gasteiger partial charge in [0.25, 0.3) is 0 Å². The molecule has 0 aliphatic heterocycles. The number of hydrogen-bond donors (Lipinski definition) is 3. The van der Waals surface area contributed by atoms with Gasteiger partial charge in [-0.05, 0) is 62.4 Å². The predicted molar refractivity (Wildman–Crippen MR) is 124 cm³/mol. The van der Waals surface area contributed by atoms with Gasteiger partial charge in [-0.2, -0.15) is 4.98 Å². The Morgan fingerprint density at radius 2 is 1.45 bits per heavy atom. The second kappa shape index (κ2) is 9.13. The molecule has 2 aromatic carbocycles. The van der Waals surface area contributed by atoms with Crippen LogP contribution in [0.15, 0.2) is 79.1 Å². The molecule has 0 spiro atoms. The molecule has 4 aromatic rings. The van der Waals surface area contributed by atoms with Gasteiger partial charge >= 0.3 is 0 Å². The summed E-state index contributed by atoms with van der Waals surface area (Å²) < 4.78 is 1.82. The van der Waals surface area contributed by atoms with Crippen molar-refractivity contribution in [2.24, 2.45) is 0 Å². The zero-order valence-corrected chi connectivity index (χ0v) is 17.5. The van der Waals surface area contributed by atoms with Crippen LogP contribution < -0.4 is 16.0 Å². The number of rotatable bonds is 7. The normalized spacial score (nSPS) is 10.5. The molecule has 0 aliphatic rings. The van der Waals surface area contributed by atoms with Crippen molar-refractivity contribution in [2.75, 3.05) is 16.0 Å². The fourth-order valence-electron chi connectivity index (χ4n) is 3.08. The van der Waals surface area contributed by atoms with Crippen LogP contribution in [0.5, 0.6) is 0 Å². The van der Waals surface area contributed by atoms with Gasteiger partial charge in [-0.1, -0.05) is 17.7 Å². The molecular weight excluding hydrogens is 388 g/mol. The Bertz CT molecular complexity index is 1150. The van der Waals surface area contributed by atoms with E-state index < -0.39 is 0 Å². The van der Waals surface area contributed by atoms with Gasteiger partial charge in [0.2, 0.25) is 11.9 Å². The van der Waals surface area contributed by atoms with Crippen LogP contribution in [-0.4, -0.2) is 20.4 Å². The minimum Gasteiger partial charge on any atom is -0.345 e. The highest BCUT2D eigenvalue weighted by molar-refractivity contribution is 5.90. The fraction of sp³-hybridized carbons (Fsp3) is 0.125. The molecule has 0 radical (unpaired) electrons. The van der Waals surface area contributed by atoms with Crippen molar-refractivity contribution in [2.45, 2.75) is 20.4 Å². The second-order valence-electron chi connectivity index (χ2n) is 7.32. The van der Waals surface area contributed by atoms with E-state index in [0.717, 1.165) is 22.8 Å². The highest BCUT2D eigenvalue weighted by atomic mass is 16.1. The van der Waals surface area contributed by atoms with E-state index in [0.29, 0.717) is 11.8 Å². The summed E-state index contributed by atoms with van der Waals surface area (Å²) in [6.07, 6.45) is 3.72. The molecule has 2 heterocycles. The van der Waals surface area contributed by atoms with E-state index in [2.05, 4.69) is 45.0 Å². The topological polar surface area (TPSA) is 83.9 Å². The molecule has 156 valence electrons. The number of carbonyl (C=O) groups excluding carboxylic acids is 1. The highest BCUT2D eigenvalue weighted by Gasteiger charge is 2.06. The Labute approximate surface area is 181 Å². The van der Waals surface area contributed by atoms with Crippen LogP contribution in [0.3, 0.4) is 0 Å². The largest absolute Gasteiger partial charge is 0.345 e. The third kappa shape index (κ3) is 5.70. The number of aryl methyl sites for hydroxylation is 2. The summed E-state index contributed by atoms with van der Waals surface area (Å²) in [5.74, 6) is 1.14. The van der Waals surface area contributed by atoms with Crippen molar-refractivity contribution >= 4 is 34.7 Å². The van der Waals surface area contributed by atoms with Crippen molar-refractivity contribution in [3.05, 3.63) is 90.4 Å². The van der Waals surface area contributed by atoms with E-state index in [-0.39, 0.29) is 12.5 Å². The number of carbonyl (C=O) groups is 1. The van der Waals surface area contributed by atoms with Crippen molar-refractivity contribution in [3.8, 4) is 0 Å². The summed E-state index contributed by atoms with van der Waals surface area (Å²) in [4.78, 5) is 21.1. The maximum Gasteiger partial charge on any atom is 0.244 e. The van der Waals surface area contributed by atoms with Crippen molar-refractivity contribution < 1.29 is 4.79 Å². The molecule has 0 bridgehead atoms. The first-order valence-electron chi connectivity index (χ1n) is 10.0. The fourth-order valence-corrected chi connectivity index (χ4v) is 3.08. The minimum atomic E-state index is -0.0780. The average molecular weight is 412 g/mol. The third-order valence-corrected chi connectivity index (χ3v) is 4.60. The maximum atomic E-state index is 12.1. The zero-order valence-electron chi connectivity index (χ0n) is 17.5. The van der Waals surface area contributed by atoms with Gasteiger partial charge in [0, 0.05) is 41.2 Å². The molecular formula is C24H24N6O. The molecule has 0 atom stereocenters. The Morgan fingerprint density at radius 3 is 2.16 bits per heavy atom. The smallest absolute Gasteiger partial charge is 0.244 e.